The summed E-state index contributed by atoms with van der Waals surface area (Å²) in [4.78, 5) is 12.1. The van der Waals surface area contributed by atoms with Crippen molar-refractivity contribution in [1.29, 1.82) is 0 Å². The zero-order valence-electron chi connectivity index (χ0n) is 14.2. The molecule has 0 unspecified atom stereocenters. The summed E-state index contributed by atoms with van der Waals surface area (Å²) in [6.07, 6.45) is 3.72. The maximum Gasteiger partial charge on any atom is 0.339 e. The molecule has 1 heterocycles. The molecule has 3 aromatic rings. The van der Waals surface area contributed by atoms with Crippen LogP contribution in [0.25, 0.3) is 12.2 Å². The number of aromatic hydroxyl groups is 1. The van der Waals surface area contributed by atoms with Crippen LogP contribution in [0.1, 0.15) is 31.9 Å². The first-order valence-electron chi connectivity index (χ1n) is 8.04. The van der Waals surface area contributed by atoms with Crippen molar-refractivity contribution in [3.63, 3.8) is 0 Å². The summed E-state index contributed by atoms with van der Waals surface area (Å²) in [7, 11) is 0. The Balaban J connectivity index is 1.76. The van der Waals surface area contributed by atoms with Gasteiger partial charge in [-0.1, -0.05) is 42.5 Å². The molecular weight excluding hydrogens is 348 g/mol. The largest absolute Gasteiger partial charge is 0.507 e. The fraction of sp³-hybridized carbons (Fsp3) is 0.0952. The number of benzene rings is 2. The van der Waals surface area contributed by atoms with Crippen LogP contribution in [0.2, 0.25) is 0 Å². The van der Waals surface area contributed by atoms with Gasteiger partial charge < -0.3 is 14.9 Å². The molecule has 132 valence electrons. The van der Waals surface area contributed by atoms with Gasteiger partial charge in [-0.15, -0.1) is 11.3 Å². The lowest BCUT2D eigenvalue weighted by atomic mass is 10.1. The van der Waals surface area contributed by atoms with Gasteiger partial charge in [-0.25, -0.2) is 4.79 Å². The van der Waals surface area contributed by atoms with Crippen molar-refractivity contribution >= 4 is 29.5 Å². The zero-order chi connectivity index (χ0) is 18.5. The van der Waals surface area contributed by atoms with Gasteiger partial charge in [0.15, 0.2) is 5.06 Å². The number of carboxylic acid groups (broad SMARTS) is 1. The molecule has 0 radical (unpaired) electrons. The summed E-state index contributed by atoms with van der Waals surface area (Å²) < 4.78 is 5.95. The molecule has 1 aromatic heterocycles. The third-order valence-corrected chi connectivity index (χ3v) is 4.75. The van der Waals surface area contributed by atoms with Crippen LogP contribution < -0.4 is 4.74 Å². The topological polar surface area (TPSA) is 66.8 Å². The summed E-state index contributed by atoms with van der Waals surface area (Å²) in [5.41, 5.74) is 2.65. The number of thiophene rings is 1. The van der Waals surface area contributed by atoms with Crippen molar-refractivity contribution < 1.29 is 19.7 Å². The minimum absolute atomic E-state index is 0.111. The Hall–Kier alpha value is -3.05. The number of hydrogen-bond donors (Lipinski definition) is 2. The molecule has 0 saturated carbocycles. The maximum atomic E-state index is 11.0. The highest BCUT2D eigenvalue weighted by molar-refractivity contribution is 7.14. The van der Waals surface area contributed by atoms with Crippen molar-refractivity contribution in [2.75, 3.05) is 0 Å². The summed E-state index contributed by atoms with van der Waals surface area (Å²) in [5, 5.41) is 19.6. The van der Waals surface area contributed by atoms with Crippen LogP contribution in [0.5, 0.6) is 10.8 Å². The maximum absolute atomic E-state index is 11.0. The van der Waals surface area contributed by atoms with E-state index >= 15 is 0 Å². The number of carboxylic acids is 1. The predicted molar refractivity (Wildman–Crippen MR) is 104 cm³/mol. The van der Waals surface area contributed by atoms with E-state index < -0.39 is 5.97 Å². The van der Waals surface area contributed by atoms with Crippen molar-refractivity contribution in [3.8, 4) is 10.8 Å². The van der Waals surface area contributed by atoms with Gasteiger partial charge in [0.1, 0.15) is 17.9 Å². The second-order valence-electron chi connectivity index (χ2n) is 5.79. The van der Waals surface area contributed by atoms with E-state index in [2.05, 4.69) is 0 Å². The zero-order valence-corrected chi connectivity index (χ0v) is 15.0. The quantitative estimate of drug-likeness (QED) is 0.628. The van der Waals surface area contributed by atoms with Crippen LogP contribution in [0.3, 0.4) is 0 Å². The molecule has 0 bridgehead atoms. The van der Waals surface area contributed by atoms with E-state index in [1.165, 1.54) is 12.1 Å². The minimum Gasteiger partial charge on any atom is -0.507 e. The van der Waals surface area contributed by atoms with Gasteiger partial charge >= 0.3 is 5.97 Å². The monoisotopic (exact) mass is 366 g/mol. The molecule has 4 nitrogen and oxygen atoms in total. The van der Waals surface area contributed by atoms with Crippen LogP contribution in [-0.4, -0.2) is 16.2 Å². The Morgan fingerprint density at radius 3 is 2.58 bits per heavy atom. The SMILES string of the molecule is Cc1cc(C=Cc2ccc(C(=O)O)c(O)c2)c(OCc2ccccc2)s1. The fourth-order valence-electron chi connectivity index (χ4n) is 2.48. The lowest BCUT2D eigenvalue weighted by Gasteiger charge is -2.05. The number of ether oxygens (including phenoxy) is 1. The highest BCUT2D eigenvalue weighted by Crippen LogP contribution is 2.32. The molecule has 0 fully saturated rings. The van der Waals surface area contributed by atoms with E-state index in [0.717, 1.165) is 21.1 Å². The first kappa shape index (κ1) is 17.8. The molecule has 0 aliphatic rings. The predicted octanol–water partition coefficient (Wildman–Crippen LogP) is 5.21. The van der Waals surface area contributed by atoms with Crippen LogP contribution >= 0.6 is 11.3 Å². The van der Waals surface area contributed by atoms with Gasteiger partial charge in [-0.05, 0) is 42.3 Å². The molecule has 0 aliphatic carbocycles. The summed E-state index contributed by atoms with van der Waals surface area (Å²) in [5.74, 6) is -1.40. The lowest BCUT2D eigenvalue weighted by Crippen LogP contribution is -1.96. The number of carbonyl (C=O) groups is 1. The van der Waals surface area contributed by atoms with Gasteiger partial charge in [0.2, 0.25) is 0 Å². The molecule has 0 aliphatic heterocycles. The number of phenols is 1. The normalized spacial score (nSPS) is 11.0. The highest BCUT2D eigenvalue weighted by atomic mass is 32.1. The molecule has 2 aromatic carbocycles. The van der Waals surface area contributed by atoms with E-state index in [0.29, 0.717) is 12.2 Å². The van der Waals surface area contributed by atoms with Crippen LogP contribution in [0.15, 0.2) is 54.6 Å². The smallest absolute Gasteiger partial charge is 0.339 e. The Morgan fingerprint density at radius 1 is 1.12 bits per heavy atom. The highest BCUT2D eigenvalue weighted by Gasteiger charge is 2.09. The lowest BCUT2D eigenvalue weighted by molar-refractivity contribution is 0.0693. The van der Waals surface area contributed by atoms with Crippen LogP contribution in [0, 0.1) is 6.92 Å². The third kappa shape index (κ3) is 4.32. The molecule has 2 N–H and O–H groups in total. The van der Waals surface area contributed by atoms with E-state index in [1.54, 1.807) is 17.4 Å². The fourth-order valence-corrected chi connectivity index (χ4v) is 3.32. The Kier molecular flexibility index (Phi) is 5.39. The molecular formula is C21H18O4S. The van der Waals surface area contributed by atoms with Crippen molar-refractivity contribution in [3.05, 3.63) is 81.7 Å². The molecule has 3 rings (SSSR count). The summed E-state index contributed by atoms with van der Waals surface area (Å²) >= 11 is 1.58. The standard InChI is InChI=1S/C21H18O4S/c1-14-11-17(21(26-14)25-13-16-5-3-2-4-6-16)9-7-15-8-10-18(20(23)24)19(22)12-15/h2-12,22H,13H2,1H3,(H,23,24). The van der Waals surface area contributed by atoms with Crippen LogP contribution in [-0.2, 0) is 6.61 Å². The molecule has 5 heteroatoms. The molecule has 0 amide bonds. The van der Waals surface area contributed by atoms with Crippen molar-refractivity contribution in [2.45, 2.75) is 13.5 Å². The Labute approximate surface area is 155 Å². The van der Waals surface area contributed by atoms with E-state index in [-0.39, 0.29) is 11.3 Å². The second kappa shape index (κ2) is 7.89. The van der Waals surface area contributed by atoms with Gasteiger partial charge in [0, 0.05) is 10.4 Å². The number of hydrogen-bond acceptors (Lipinski definition) is 4. The van der Waals surface area contributed by atoms with Crippen molar-refractivity contribution in [2.24, 2.45) is 0 Å². The van der Waals surface area contributed by atoms with Crippen LogP contribution in [0.4, 0.5) is 0 Å². The molecule has 0 saturated heterocycles. The van der Waals surface area contributed by atoms with Gasteiger partial charge in [-0.2, -0.15) is 0 Å². The first-order valence-corrected chi connectivity index (χ1v) is 8.86. The van der Waals surface area contributed by atoms with E-state index in [1.807, 2.05) is 55.5 Å². The summed E-state index contributed by atoms with van der Waals surface area (Å²) in [6, 6.07) is 16.5. The molecule has 0 atom stereocenters. The Morgan fingerprint density at radius 2 is 1.88 bits per heavy atom. The first-order chi connectivity index (χ1) is 12.5. The van der Waals surface area contributed by atoms with Gasteiger partial charge in [0.25, 0.3) is 0 Å². The van der Waals surface area contributed by atoms with Gasteiger partial charge in [0.05, 0.1) is 0 Å². The van der Waals surface area contributed by atoms with Crippen molar-refractivity contribution in [1.82, 2.24) is 0 Å². The average Bonchev–Trinajstić information content (AvgIpc) is 2.98. The summed E-state index contributed by atoms with van der Waals surface area (Å²) in [6.45, 7) is 2.51. The van der Waals surface area contributed by atoms with E-state index in [4.69, 9.17) is 9.84 Å². The molecule has 26 heavy (non-hydrogen) atoms. The van der Waals surface area contributed by atoms with E-state index in [9.17, 15) is 9.90 Å². The number of rotatable bonds is 6. The van der Waals surface area contributed by atoms with Gasteiger partial charge in [-0.3, -0.25) is 0 Å². The number of aryl methyl sites for hydroxylation is 1. The molecule has 0 spiro atoms. The number of aromatic carboxylic acids is 1. The second-order valence-corrected chi connectivity index (χ2v) is 7.01. The third-order valence-electron chi connectivity index (χ3n) is 3.77. The minimum atomic E-state index is -1.15. The average molecular weight is 366 g/mol. The Bertz CT molecular complexity index is 942.